The fourth-order valence-electron chi connectivity index (χ4n) is 5.93. The van der Waals surface area contributed by atoms with Crippen LogP contribution in [0.3, 0.4) is 0 Å². The number of hydrogen-bond acceptors (Lipinski definition) is 5. The number of carbonyl (C=O) groups excluding carboxylic acids is 2. The van der Waals surface area contributed by atoms with Crippen LogP contribution in [0.5, 0.6) is 0 Å². The molecule has 0 saturated carbocycles. The minimum atomic E-state index is -0.575. The van der Waals surface area contributed by atoms with E-state index >= 15 is 0 Å². The lowest BCUT2D eigenvalue weighted by atomic mass is 9.98. The number of imidazole rings is 1. The molecule has 3 aromatic carbocycles. The van der Waals surface area contributed by atoms with E-state index in [9.17, 15) is 9.59 Å². The van der Waals surface area contributed by atoms with Gasteiger partial charge >= 0.3 is 12.0 Å². The van der Waals surface area contributed by atoms with Crippen LogP contribution < -0.4 is 4.90 Å². The molecule has 0 atom stereocenters. The highest BCUT2D eigenvalue weighted by atomic mass is 16.6. The maximum Gasteiger partial charge on any atom is 0.339 e. The van der Waals surface area contributed by atoms with Crippen LogP contribution in [0.4, 0.5) is 10.6 Å². The number of ether oxygens (including phenoxy) is 1. The minimum absolute atomic E-state index is 0.0240. The van der Waals surface area contributed by atoms with Crippen LogP contribution in [0.25, 0.3) is 22.3 Å². The van der Waals surface area contributed by atoms with Gasteiger partial charge in [-0.1, -0.05) is 79.7 Å². The van der Waals surface area contributed by atoms with Gasteiger partial charge in [0.05, 0.1) is 12.1 Å². The number of aromatic nitrogens is 3. The predicted molar refractivity (Wildman–Crippen MR) is 182 cm³/mol. The van der Waals surface area contributed by atoms with Crippen molar-refractivity contribution >= 4 is 29.0 Å². The monoisotopic (exact) mass is 615 g/mol. The third kappa shape index (κ3) is 6.81. The molecule has 1 fully saturated rings. The average Bonchev–Trinajstić information content (AvgIpc) is 3.38. The first-order valence-electron chi connectivity index (χ1n) is 16.1. The van der Waals surface area contributed by atoms with E-state index < -0.39 is 5.60 Å². The zero-order valence-corrected chi connectivity index (χ0v) is 27.1. The number of urea groups is 1. The Labute approximate surface area is 270 Å². The molecule has 0 N–H and O–H groups in total. The van der Waals surface area contributed by atoms with Crippen molar-refractivity contribution in [3.05, 3.63) is 114 Å². The molecule has 2 amide bonds. The second-order valence-corrected chi connectivity index (χ2v) is 12.8. The molecule has 5 aromatic rings. The summed E-state index contributed by atoms with van der Waals surface area (Å²) < 4.78 is 7.83. The highest BCUT2D eigenvalue weighted by Crippen LogP contribution is 2.28. The molecule has 6 rings (SSSR count). The van der Waals surface area contributed by atoms with Crippen LogP contribution in [-0.2, 0) is 24.2 Å². The van der Waals surface area contributed by atoms with E-state index in [0.29, 0.717) is 31.0 Å². The molecule has 236 valence electrons. The lowest BCUT2D eigenvalue weighted by molar-refractivity contribution is 0.00704. The number of rotatable bonds is 9. The SMILES string of the molecule is CCCc1nc2ccc(N3CCCN(Cc4ccccc4)C3=O)nc2n1Cc1ccc(-c2ccccc2C(=O)OC(C)(C)C)cc1. The lowest BCUT2D eigenvalue weighted by Crippen LogP contribution is -2.49. The molecule has 46 heavy (non-hydrogen) atoms. The van der Waals surface area contributed by atoms with Crippen LogP contribution >= 0.6 is 0 Å². The molecule has 2 aromatic heterocycles. The molecule has 1 aliphatic heterocycles. The molecule has 0 bridgehead atoms. The third-order valence-corrected chi connectivity index (χ3v) is 8.09. The van der Waals surface area contributed by atoms with E-state index in [-0.39, 0.29) is 12.0 Å². The summed E-state index contributed by atoms with van der Waals surface area (Å²) in [5.41, 5.74) is 5.54. The van der Waals surface area contributed by atoms with Crippen LogP contribution in [0.15, 0.2) is 91.0 Å². The quantitative estimate of drug-likeness (QED) is 0.158. The van der Waals surface area contributed by atoms with Crippen molar-refractivity contribution < 1.29 is 14.3 Å². The van der Waals surface area contributed by atoms with Crippen molar-refractivity contribution in [3.8, 4) is 11.1 Å². The number of hydrogen-bond donors (Lipinski definition) is 0. The lowest BCUT2D eigenvalue weighted by Gasteiger charge is -2.35. The predicted octanol–water partition coefficient (Wildman–Crippen LogP) is 7.89. The summed E-state index contributed by atoms with van der Waals surface area (Å²) in [6.45, 7) is 10.3. The van der Waals surface area contributed by atoms with Gasteiger partial charge in [-0.15, -0.1) is 0 Å². The number of anilines is 1. The Morgan fingerprint density at radius 3 is 2.28 bits per heavy atom. The Kier molecular flexibility index (Phi) is 8.88. The van der Waals surface area contributed by atoms with Gasteiger partial charge in [-0.2, -0.15) is 0 Å². The van der Waals surface area contributed by atoms with Crippen molar-refractivity contribution in [1.82, 2.24) is 19.4 Å². The van der Waals surface area contributed by atoms with Crippen molar-refractivity contribution in [2.24, 2.45) is 0 Å². The van der Waals surface area contributed by atoms with Gasteiger partial charge in [-0.25, -0.2) is 19.6 Å². The highest BCUT2D eigenvalue weighted by Gasteiger charge is 2.28. The molecular formula is C38H41N5O3. The summed E-state index contributed by atoms with van der Waals surface area (Å²) in [6.07, 6.45) is 2.65. The van der Waals surface area contributed by atoms with Crippen LogP contribution in [-0.4, -0.2) is 50.1 Å². The number of aryl methyl sites for hydroxylation is 1. The summed E-state index contributed by atoms with van der Waals surface area (Å²) >= 11 is 0. The van der Waals surface area contributed by atoms with E-state index in [1.807, 2.05) is 92.4 Å². The van der Waals surface area contributed by atoms with Gasteiger partial charge in [0.25, 0.3) is 0 Å². The zero-order chi connectivity index (χ0) is 32.3. The second kappa shape index (κ2) is 13.2. The second-order valence-electron chi connectivity index (χ2n) is 12.8. The van der Waals surface area contributed by atoms with Gasteiger partial charge in [0, 0.05) is 26.1 Å². The van der Waals surface area contributed by atoms with Gasteiger partial charge in [0.1, 0.15) is 22.8 Å². The summed E-state index contributed by atoms with van der Waals surface area (Å²) in [5.74, 6) is 1.28. The third-order valence-electron chi connectivity index (χ3n) is 8.09. The maximum atomic E-state index is 13.6. The molecule has 1 aliphatic rings. The molecule has 0 spiro atoms. The normalized spacial score (nSPS) is 13.8. The van der Waals surface area contributed by atoms with Gasteiger partial charge < -0.3 is 14.2 Å². The molecule has 8 heteroatoms. The van der Waals surface area contributed by atoms with E-state index in [1.54, 1.807) is 4.90 Å². The maximum absolute atomic E-state index is 13.6. The molecule has 3 heterocycles. The van der Waals surface area contributed by atoms with Gasteiger partial charge in [-0.05, 0) is 74.1 Å². The Hall–Kier alpha value is -4.98. The first-order valence-corrected chi connectivity index (χ1v) is 16.1. The summed E-state index contributed by atoms with van der Waals surface area (Å²) in [5, 5.41) is 0. The standard InChI is InChI=1S/C38H41N5O3/c1-5-12-33-39-32-21-22-34(42-24-11-23-41(37(42)45)25-27-13-7-6-8-14-27)40-35(32)43(33)26-28-17-19-29(20-18-28)30-15-9-10-16-31(30)36(44)46-38(2,3)4/h6-10,13-22H,5,11-12,23-26H2,1-4H3. The van der Waals surface area contributed by atoms with Crippen molar-refractivity contribution in [2.75, 3.05) is 18.0 Å². The van der Waals surface area contributed by atoms with E-state index in [0.717, 1.165) is 65.0 Å². The smallest absolute Gasteiger partial charge is 0.339 e. The minimum Gasteiger partial charge on any atom is -0.456 e. The first kappa shape index (κ1) is 31.0. The average molecular weight is 616 g/mol. The number of nitrogens with zero attached hydrogens (tertiary/aromatic N) is 5. The largest absolute Gasteiger partial charge is 0.456 e. The summed E-state index contributed by atoms with van der Waals surface area (Å²) in [7, 11) is 0. The fourth-order valence-corrected chi connectivity index (χ4v) is 5.93. The Morgan fingerprint density at radius 2 is 1.54 bits per heavy atom. The topological polar surface area (TPSA) is 80.6 Å². The first-order chi connectivity index (χ1) is 22.2. The number of benzene rings is 3. The number of esters is 1. The molecule has 0 aliphatic carbocycles. The van der Waals surface area contributed by atoms with Gasteiger partial charge in [-0.3, -0.25) is 4.90 Å². The van der Waals surface area contributed by atoms with Crippen molar-refractivity contribution in [3.63, 3.8) is 0 Å². The van der Waals surface area contributed by atoms with E-state index in [4.69, 9.17) is 14.7 Å². The molecule has 8 nitrogen and oxygen atoms in total. The van der Waals surface area contributed by atoms with Crippen LogP contribution in [0.2, 0.25) is 0 Å². The van der Waals surface area contributed by atoms with Gasteiger partial charge in [0.15, 0.2) is 5.65 Å². The fraction of sp³-hybridized carbons (Fsp3) is 0.316. The Bertz CT molecular complexity index is 1840. The summed E-state index contributed by atoms with van der Waals surface area (Å²) in [6, 6.07) is 29.8. The molecule has 0 radical (unpaired) electrons. The number of fused-ring (bicyclic) bond motifs is 1. The highest BCUT2D eigenvalue weighted by molar-refractivity contribution is 5.97. The van der Waals surface area contributed by atoms with E-state index in [1.165, 1.54) is 0 Å². The van der Waals surface area contributed by atoms with E-state index in [2.05, 4.69) is 35.8 Å². The van der Waals surface area contributed by atoms with Crippen LogP contribution in [0, 0.1) is 0 Å². The van der Waals surface area contributed by atoms with Gasteiger partial charge in [0.2, 0.25) is 0 Å². The van der Waals surface area contributed by atoms with Crippen molar-refractivity contribution in [2.45, 2.75) is 65.6 Å². The van der Waals surface area contributed by atoms with Crippen LogP contribution in [0.1, 0.15) is 67.8 Å². The molecular weight excluding hydrogens is 574 g/mol. The number of carbonyl (C=O) groups is 2. The Morgan fingerprint density at radius 1 is 0.826 bits per heavy atom. The molecule has 0 unspecified atom stereocenters. The Balaban J connectivity index is 1.27. The zero-order valence-electron chi connectivity index (χ0n) is 27.1. The summed E-state index contributed by atoms with van der Waals surface area (Å²) in [4.78, 5) is 40.2. The number of amides is 2. The van der Waals surface area contributed by atoms with Crippen molar-refractivity contribution in [1.29, 1.82) is 0 Å². The number of pyridine rings is 1. The molecule has 1 saturated heterocycles.